The number of hydrogen-bond donors (Lipinski definition) is 20. The third-order valence-corrected chi connectivity index (χ3v) is 20.0. The maximum Gasteiger partial charge on any atom is 0.351 e. The fourth-order valence-electron chi connectivity index (χ4n) is 13.2. The van der Waals surface area contributed by atoms with E-state index >= 15 is 0 Å². The van der Waals surface area contributed by atoms with Gasteiger partial charge in [-0.25, -0.2) is 38.9 Å². The van der Waals surface area contributed by atoms with E-state index in [1.54, 1.807) is 6.92 Å². The molecule has 628 valence electrons. The van der Waals surface area contributed by atoms with Crippen molar-refractivity contribution in [2.24, 2.45) is 32.5 Å². The van der Waals surface area contributed by atoms with E-state index in [1.165, 1.54) is 95.0 Å². The van der Waals surface area contributed by atoms with Crippen LogP contribution in [-0.2, 0) is 28.4 Å². The van der Waals surface area contributed by atoms with Crippen LogP contribution in [0.3, 0.4) is 0 Å². The van der Waals surface area contributed by atoms with E-state index in [0.29, 0.717) is 11.2 Å². The van der Waals surface area contributed by atoms with Gasteiger partial charge in [-0.1, -0.05) is 10.2 Å². The van der Waals surface area contributed by atoms with Gasteiger partial charge < -0.3 is 118 Å². The highest BCUT2D eigenvalue weighted by Gasteiger charge is 2.59. The van der Waals surface area contributed by atoms with Gasteiger partial charge in [0.2, 0.25) is 0 Å². The van der Waals surface area contributed by atoms with Gasteiger partial charge in [0, 0.05) is 59.0 Å². The molecule has 24 atom stereocenters. The summed E-state index contributed by atoms with van der Waals surface area (Å²) in [6, 6.07) is 10.0. The van der Waals surface area contributed by atoms with Gasteiger partial charge in [0.15, 0.2) is 48.8 Å². The van der Waals surface area contributed by atoms with E-state index in [-0.39, 0.29) is 24.1 Å². The Hall–Kier alpha value is -11.4. The summed E-state index contributed by atoms with van der Waals surface area (Å²) in [6.45, 7) is 6.21. The standard InChI is InChI=1S/C11H14N8O3.C11H14N4O4.C11H13N3O5.C10H13N5O5.C10H16N4O4.C10H15N3O5/c1-11(17-18-13)7(21)5(2-20)22-10(11)19-4-16-6-8(12)14-3-15-9(6)19;1-11(5-12)8(17)6(4-16)19-9(11)15-3-2-7(13)14-10(15)18;1-11(5-12)8(17)6(4-15)19-9(11)14-3-2-7(16)13-10(14)18;1-10(13-14-11)7(18)5(4-16)20-8(10)15-3-2-6(17)12-9(15)19;1-10(12)7(16)5(4-15)18-8(10)14-3-2-6(11)13-9(14)17;1-10(11)7(16)5(4-14)18-8(10)13-3-2-6(15)12-9(13)17/h3-5,7,10,20-21H,2H2,1H3,(H2,12,14,15);2-3,6,8-9,16-17H,4H2,1H3,(H2,13,14,18);2-3,6,8-9,15,17H,4H2,1H3,(H,13,16,18);2-3,5,7-8,16,18H,4H2,1H3,(H,12,17,19);2-3,5,7-8,15-16H,4,12H2,1H3,(H2,11,13,17);2-3,5,7-8,14,16H,4,11H2,1H3,(H,12,15,17)/t5-,7-,10-,11-;2*6-,8-,9-,11-;3*5-,7-,8-,10-/m111111/s1. The van der Waals surface area contributed by atoms with Crippen molar-refractivity contribution < 1.29 is 89.7 Å². The highest BCUT2D eigenvalue weighted by atomic mass is 16.6. The van der Waals surface area contributed by atoms with Crippen LogP contribution in [0, 0.1) is 33.5 Å². The Kier molecular flexibility index (Phi) is 28.1. The third-order valence-electron chi connectivity index (χ3n) is 20.0. The number of fused-ring (bicyclic) bond motifs is 1. The molecule has 13 heterocycles. The average Bonchev–Trinajstić information content (AvgIpc) is 1.57. The molecule has 6 saturated heterocycles. The predicted octanol–water partition coefficient (Wildman–Crippen LogP) is -9.19. The second-order valence-electron chi connectivity index (χ2n) is 28.0. The first-order chi connectivity index (χ1) is 54.6. The van der Waals surface area contributed by atoms with E-state index in [9.17, 15) is 84.6 Å². The van der Waals surface area contributed by atoms with Gasteiger partial charge in [-0.05, 0) is 64.7 Å². The van der Waals surface area contributed by atoms with E-state index in [2.05, 4.69) is 50.0 Å². The van der Waals surface area contributed by atoms with Gasteiger partial charge in [0.1, 0.15) is 106 Å². The molecule has 53 nitrogen and oxygen atoms in total. The van der Waals surface area contributed by atoms with Gasteiger partial charge >= 0.3 is 28.4 Å². The molecule has 0 amide bonds. The number of H-pyrrole nitrogens is 3. The smallest absolute Gasteiger partial charge is 0.351 e. The minimum atomic E-state index is -1.50. The SMILES string of the molecule is C[C@@]1(C#N)[C@H](O)[C@@H](CO)O[C@H]1n1ccc(=O)[nH]c1=O.C[C@@]1(C#N)[C@H](O)[C@@H](CO)O[C@H]1n1ccc(N)nc1=O.C[C@@]1(N)[C@H](O)[C@@H](CO)O[C@H]1n1ccc(=O)[nH]c1=O.C[C@@]1(N)[C@H](O)[C@@H](CO)O[C@H]1n1ccc(N)nc1=O.C[C@@]1(N=[N+]=[N-])[C@H](O)[C@@H](CO)O[C@H]1n1ccc(=O)[nH]c1=O.C[C@@]1(N=[N+]=[N-])[C@H](O)[C@@H](CO)O[C@H]1n1cnc2c(N)ncnc21. The van der Waals surface area contributed by atoms with Crippen molar-refractivity contribution in [2.45, 2.75) is 174 Å². The van der Waals surface area contributed by atoms with Crippen molar-refractivity contribution in [3.05, 3.63) is 178 Å². The molecule has 116 heavy (non-hydrogen) atoms. The Morgan fingerprint density at radius 1 is 0.448 bits per heavy atom. The molecule has 0 unspecified atom stereocenters. The number of nitriles is 2. The Balaban J connectivity index is 0.000000174. The lowest BCUT2D eigenvalue weighted by atomic mass is 9.84. The van der Waals surface area contributed by atoms with E-state index in [0.717, 1.165) is 41.0 Å². The molecule has 7 aromatic rings. The minimum absolute atomic E-state index is 0.0529. The molecular formula is C63H85N27O26. The predicted molar refractivity (Wildman–Crippen MR) is 389 cm³/mol. The molecule has 6 aliphatic rings. The zero-order chi connectivity index (χ0) is 86.2. The van der Waals surface area contributed by atoms with Crippen molar-refractivity contribution in [2.75, 3.05) is 56.8 Å². The number of rotatable bonds is 14. The quantitative estimate of drug-likeness (QED) is 0.0273. The lowest BCUT2D eigenvalue weighted by Gasteiger charge is -2.28. The number of aliphatic hydroxyl groups excluding tert-OH is 12. The molecule has 13 rings (SSSR count). The second-order valence-corrected chi connectivity index (χ2v) is 28.0. The van der Waals surface area contributed by atoms with Gasteiger partial charge in [-0.3, -0.25) is 56.7 Å². The van der Waals surface area contributed by atoms with Crippen LogP contribution in [0.2, 0.25) is 0 Å². The van der Waals surface area contributed by atoms with Crippen LogP contribution < -0.4 is 73.8 Å². The number of anilines is 3. The van der Waals surface area contributed by atoms with Gasteiger partial charge in [0.25, 0.3) is 16.7 Å². The van der Waals surface area contributed by atoms with Crippen LogP contribution in [0.15, 0.2) is 123 Å². The van der Waals surface area contributed by atoms with Crippen molar-refractivity contribution in [1.82, 2.24) is 67.3 Å². The fourth-order valence-corrected chi connectivity index (χ4v) is 13.2. The molecule has 6 fully saturated rings. The summed E-state index contributed by atoms with van der Waals surface area (Å²) in [6.07, 6.45) is -9.66. The molecule has 6 aliphatic heterocycles. The van der Waals surface area contributed by atoms with Crippen LogP contribution in [0.5, 0.6) is 0 Å². The number of nitrogen functional groups attached to an aromatic ring is 3. The summed E-state index contributed by atoms with van der Waals surface area (Å²) >= 11 is 0. The normalized spacial score (nSPS) is 33.9. The number of nitrogens with two attached hydrogens (primary N) is 5. The Morgan fingerprint density at radius 2 is 0.750 bits per heavy atom. The first-order valence-electron chi connectivity index (χ1n) is 34.3. The van der Waals surface area contributed by atoms with E-state index in [4.69, 9.17) is 93.7 Å². The topological polar surface area (TPSA) is 851 Å². The van der Waals surface area contributed by atoms with E-state index in [1.807, 2.05) is 22.1 Å². The number of aliphatic hydroxyl groups is 12. The molecule has 0 spiro atoms. The lowest BCUT2D eigenvalue weighted by Crippen LogP contribution is -2.53. The summed E-state index contributed by atoms with van der Waals surface area (Å²) in [5.74, 6) is 0.343. The Bertz CT molecular complexity index is 5360. The van der Waals surface area contributed by atoms with Gasteiger partial charge in [-0.2, -0.15) is 20.5 Å². The van der Waals surface area contributed by atoms with Crippen LogP contribution in [0.1, 0.15) is 78.9 Å². The first kappa shape index (κ1) is 90.1. The number of imidazole rings is 1. The zero-order valence-electron chi connectivity index (χ0n) is 62.0. The molecule has 53 heteroatoms. The molecule has 0 aromatic carbocycles. The number of aromatic amines is 3. The molecule has 0 radical (unpaired) electrons. The summed E-state index contributed by atoms with van der Waals surface area (Å²) in [4.78, 5) is 122. The van der Waals surface area contributed by atoms with Gasteiger partial charge in [-0.15, -0.1) is 0 Å². The number of azide groups is 2. The van der Waals surface area contributed by atoms with Crippen LogP contribution >= 0.6 is 0 Å². The highest BCUT2D eigenvalue weighted by Crippen LogP contribution is 2.47. The van der Waals surface area contributed by atoms with Crippen molar-refractivity contribution in [3.63, 3.8) is 0 Å². The first-order valence-corrected chi connectivity index (χ1v) is 34.3. The zero-order valence-corrected chi connectivity index (χ0v) is 62.0. The van der Waals surface area contributed by atoms with Crippen molar-refractivity contribution >= 4 is 28.6 Å². The van der Waals surface area contributed by atoms with Crippen LogP contribution in [0.4, 0.5) is 17.5 Å². The molecule has 0 aliphatic carbocycles. The Labute approximate surface area is 648 Å². The molecule has 0 saturated carbocycles. The number of nitrogens with zero attached hydrogens (tertiary/aromatic N) is 19. The summed E-state index contributed by atoms with van der Waals surface area (Å²) in [5.41, 5.74) is 33.3. The number of ether oxygens (including phenoxy) is 6. The summed E-state index contributed by atoms with van der Waals surface area (Å²) < 4.78 is 39.4. The Morgan fingerprint density at radius 3 is 1.09 bits per heavy atom. The van der Waals surface area contributed by atoms with Crippen LogP contribution in [0.25, 0.3) is 32.0 Å². The van der Waals surface area contributed by atoms with E-state index < -0.39 is 222 Å². The summed E-state index contributed by atoms with van der Waals surface area (Å²) in [7, 11) is 0. The number of hydrogen-bond acceptors (Lipinski definition) is 40. The fraction of sp³-hybridized carbons (Fsp3) is 0.571. The third kappa shape index (κ3) is 17.4. The summed E-state index contributed by atoms with van der Waals surface area (Å²) in [5, 5.41) is 141. The maximum atomic E-state index is 11.8. The minimum Gasteiger partial charge on any atom is -0.394 e. The molecular weight excluding hydrogens is 1550 g/mol. The van der Waals surface area contributed by atoms with Crippen molar-refractivity contribution in [3.8, 4) is 12.1 Å². The average molecular weight is 1640 g/mol. The molecule has 7 aromatic heterocycles. The lowest BCUT2D eigenvalue weighted by molar-refractivity contribution is -0.0503. The molecule has 0 bridgehead atoms. The van der Waals surface area contributed by atoms with Crippen LogP contribution in [-0.4, -0.2) is 264 Å². The molecule has 25 N–H and O–H groups in total. The monoisotopic (exact) mass is 1640 g/mol. The highest BCUT2D eigenvalue weighted by molar-refractivity contribution is 5.81. The van der Waals surface area contributed by atoms with Crippen molar-refractivity contribution in [1.29, 1.82) is 10.5 Å². The number of aromatic nitrogens is 14. The number of nitrogens with one attached hydrogen (secondary N) is 3. The second kappa shape index (κ2) is 36.2. The largest absolute Gasteiger partial charge is 0.394 e. The van der Waals surface area contributed by atoms with Gasteiger partial charge in [0.05, 0.1) is 81.4 Å². The maximum absolute atomic E-state index is 11.8.